The second kappa shape index (κ2) is 7.66. The molecule has 0 radical (unpaired) electrons. The normalized spacial score (nSPS) is 15.9. The van der Waals surface area contributed by atoms with E-state index in [1.165, 1.54) is 0 Å². The Kier molecular flexibility index (Phi) is 6.08. The van der Waals surface area contributed by atoms with Crippen LogP contribution < -0.4 is 11.1 Å². The van der Waals surface area contributed by atoms with Gasteiger partial charge in [0.15, 0.2) is 4.34 Å². The first-order chi connectivity index (χ1) is 10.5. The van der Waals surface area contributed by atoms with Gasteiger partial charge in [-0.05, 0) is 44.0 Å². The van der Waals surface area contributed by atoms with Crippen LogP contribution in [-0.4, -0.2) is 16.4 Å². The molecule has 124 valence electrons. The van der Waals surface area contributed by atoms with Crippen molar-refractivity contribution in [2.75, 3.05) is 5.32 Å². The minimum absolute atomic E-state index is 0. The SMILES string of the molecule is Cc1csc(Sc2ccc(NC(=O)C3(N)CCCC3)cc2)n1.Cl. The smallest absolute Gasteiger partial charge is 0.244 e. The fourth-order valence-corrected chi connectivity index (χ4v) is 4.38. The van der Waals surface area contributed by atoms with Crippen LogP contribution in [0.5, 0.6) is 0 Å². The molecule has 1 aromatic carbocycles. The van der Waals surface area contributed by atoms with Crippen molar-refractivity contribution in [3.8, 4) is 0 Å². The summed E-state index contributed by atoms with van der Waals surface area (Å²) in [4.78, 5) is 17.8. The first kappa shape index (κ1) is 18.3. The lowest BCUT2D eigenvalue weighted by atomic mass is 9.98. The van der Waals surface area contributed by atoms with E-state index in [4.69, 9.17) is 5.73 Å². The number of carbonyl (C=O) groups excluding carboxylic acids is 1. The number of nitrogens with zero attached hydrogens (tertiary/aromatic N) is 1. The molecule has 4 nitrogen and oxygen atoms in total. The summed E-state index contributed by atoms with van der Waals surface area (Å²) in [7, 11) is 0. The van der Waals surface area contributed by atoms with Gasteiger partial charge >= 0.3 is 0 Å². The number of benzene rings is 1. The van der Waals surface area contributed by atoms with Gasteiger partial charge in [0.25, 0.3) is 0 Å². The Morgan fingerprint density at radius 3 is 2.52 bits per heavy atom. The minimum atomic E-state index is -0.689. The van der Waals surface area contributed by atoms with Gasteiger partial charge in [-0.15, -0.1) is 23.7 Å². The molecule has 1 aromatic heterocycles. The van der Waals surface area contributed by atoms with Gasteiger partial charge in [-0.3, -0.25) is 4.79 Å². The number of aromatic nitrogens is 1. The molecule has 0 unspecified atom stereocenters. The fraction of sp³-hybridized carbons (Fsp3) is 0.375. The third-order valence-electron chi connectivity index (χ3n) is 3.86. The summed E-state index contributed by atoms with van der Waals surface area (Å²) >= 11 is 3.27. The highest BCUT2D eigenvalue weighted by Gasteiger charge is 2.36. The molecular weight excluding hydrogens is 350 g/mol. The Morgan fingerprint density at radius 1 is 1.30 bits per heavy atom. The second-order valence-electron chi connectivity index (χ2n) is 5.70. The van der Waals surface area contributed by atoms with E-state index in [2.05, 4.69) is 10.3 Å². The molecule has 3 N–H and O–H groups in total. The number of carbonyl (C=O) groups is 1. The summed E-state index contributed by atoms with van der Waals surface area (Å²) in [6, 6.07) is 7.82. The van der Waals surface area contributed by atoms with E-state index in [0.717, 1.165) is 46.3 Å². The molecule has 1 saturated carbocycles. The van der Waals surface area contributed by atoms with E-state index in [-0.39, 0.29) is 18.3 Å². The van der Waals surface area contributed by atoms with Crippen LogP contribution in [0.4, 0.5) is 5.69 Å². The minimum Gasteiger partial charge on any atom is -0.324 e. The number of thiazole rings is 1. The molecule has 1 aliphatic carbocycles. The van der Waals surface area contributed by atoms with E-state index in [1.54, 1.807) is 23.1 Å². The van der Waals surface area contributed by atoms with Crippen LogP contribution in [0.3, 0.4) is 0 Å². The average molecular weight is 370 g/mol. The summed E-state index contributed by atoms with van der Waals surface area (Å²) < 4.78 is 1.03. The number of nitrogens with two attached hydrogens (primary N) is 1. The van der Waals surface area contributed by atoms with Gasteiger partial charge in [0.2, 0.25) is 5.91 Å². The van der Waals surface area contributed by atoms with Crippen LogP contribution in [0.1, 0.15) is 31.4 Å². The quantitative estimate of drug-likeness (QED) is 0.845. The van der Waals surface area contributed by atoms with Crippen LogP contribution in [0.2, 0.25) is 0 Å². The fourth-order valence-electron chi connectivity index (χ4n) is 2.57. The highest BCUT2D eigenvalue weighted by Crippen LogP contribution is 2.32. The van der Waals surface area contributed by atoms with E-state index in [0.29, 0.717) is 0 Å². The van der Waals surface area contributed by atoms with E-state index in [1.807, 2.05) is 36.6 Å². The van der Waals surface area contributed by atoms with Crippen molar-refractivity contribution < 1.29 is 4.79 Å². The van der Waals surface area contributed by atoms with Crippen LogP contribution in [0.15, 0.2) is 38.9 Å². The molecule has 0 spiro atoms. The molecule has 1 aliphatic rings. The maximum atomic E-state index is 12.3. The van der Waals surface area contributed by atoms with Crippen LogP contribution in [0, 0.1) is 6.92 Å². The molecule has 0 atom stereocenters. The highest BCUT2D eigenvalue weighted by atomic mass is 35.5. The summed E-state index contributed by atoms with van der Waals surface area (Å²) in [5.41, 5.74) is 7.31. The van der Waals surface area contributed by atoms with Crippen LogP contribution in [-0.2, 0) is 4.79 Å². The molecule has 7 heteroatoms. The van der Waals surface area contributed by atoms with Gasteiger partial charge in [-0.25, -0.2) is 4.98 Å². The molecule has 1 amide bonds. The zero-order valence-electron chi connectivity index (χ0n) is 12.9. The topological polar surface area (TPSA) is 68.0 Å². The lowest BCUT2D eigenvalue weighted by molar-refractivity contribution is -0.121. The third-order valence-corrected chi connectivity index (χ3v) is 5.93. The van der Waals surface area contributed by atoms with Gasteiger partial charge in [0, 0.05) is 21.7 Å². The number of rotatable bonds is 4. The Morgan fingerprint density at radius 2 is 1.96 bits per heavy atom. The molecule has 3 rings (SSSR count). The van der Waals surface area contributed by atoms with Crippen LogP contribution in [0.25, 0.3) is 0 Å². The summed E-state index contributed by atoms with van der Waals surface area (Å²) in [6.07, 6.45) is 3.62. The summed E-state index contributed by atoms with van der Waals surface area (Å²) in [5.74, 6) is -0.0686. The Balaban J connectivity index is 0.00000192. The van der Waals surface area contributed by atoms with Crippen LogP contribution >= 0.6 is 35.5 Å². The molecule has 0 bridgehead atoms. The maximum Gasteiger partial charge on any atom is 0.244 e. The zero-order valence-corrected chi connectivity index (χ0v) is 15.3. The van der Waals surface area contributed by atoms with Crippen molar-refractivity contribution in [1.29, 1.82) is 0 Å². The lowest BCUT2D eigenvalue weighted by Crippen LogP contribution is -2.48. The van der Waals surface area contributed by atoms with E-state index in [9.17, 15) is 4.79 Å². The summed E-state index contributed by atoms with van der Waals surface area (Å²) in [6.45, 7) is 1.99. The number of aryl methyl sites for hydroxylation is 1. The number of amides is 1. The van der Waals surface area contributed by atoms with Crippen molar-refractivity contribution in [3.05, 3.63) is 35.3 Å². The van der Waals surface area contributed by atoms with Crippen molar-refractivity contribution in [2.45, 2.75) is 47.4 Å². The largest absolute Gasteiger partial charge is 0.324 e. The van der Waals surface area contributed by atoms with Crippen molar-refractivity contribution >= 4 is 47.1 Å². The van der Waals surface area contributed by atoms with Crippen molar-refractivity contribution in [3.63, 3.8) is 0 Å². The molecule has 2 aromatic rings. The van der Waals surface area contributed by atoms with Gasteiger partial charge in [0.1, 0.15) is 0 Å². The average Bonchev–Trinajstić information content (AvgIpc) is 3.11. The number of hydrogen-bond acceptors (Lipinski definition) is 5. The molecule has 1 fully saturated rings. The summed E-state index contributed by atoms with van der Waals surface area (Å²) in [5, 5.41) is 4.97. The lowest BCUT2D eigenvalue weighted by Gasteiger charge is -2.22. The van der Waals surface area contributed by atoms with Crippen molar-refractivity contribution in [1.82, 2.24) is 4.98 Å². The Bertz CT molecular complexity index is 666. The van der Waals surface area contributed by atoms with E-state index < -0.39 is 5.54 Å². The van der Waals surface area contributed by atoms with Gasteiger partial charge in [-0.2, -0.15) is 0 Å². The third kappa shape index (κ3) is 4.47. The van der Waals surface area contributed by atoms with E-state index >= 15 is 0 Å². The monoisotopic (exact) mass is 369 g/mol. The first-order valence-corrected chi connectivity index (χ1v) is 9.05. The Labute approximate surface area is 150 Å². The molecular formula is C16H20ClN3OS2. The molecule has 1 heterocycles. The predicted molar refractivity (Wildman–Crippen MR) is 98.7 cm³/mol. The maximum absolute atomic E-state index is 12.3. The standard InChI is InChI=1S/C16H19N3OS2.ClH/c1-11-10-21-15(18-11)22-13-6-4-12(5-7-13)19-14(20)16(17)8-2-3-9-16;/h4-7,10H,2-3,8-9,17H2,1H3,(H,19,20);1H. The molecule has 0 saturated heterocycles. The molecule has 0 aliphatic heterocycles. The van der Waals surface area contributed by atoms with Crippen molar-refractivity contribution in [2.24, 2.45) is 5.73 Å². The molecule has 23 heavy (non-hydrogen) atoms. The van der Waals surface area contributed by atoms with Gasteiger partial charge in [-0.1, -0.05) is 24.6 Å². The Hall–Kier alpha value is -1.08. The second-order valence-corrected chi connectivity index (χ2v) is 7.88. The zero-order chi connectivity index (χ0) is 15.6. The number of nitrogens with one attached hydrogen (secondary N) is 1. The number of halogens is 1. The predicted octanol–water partition coefficient (Wildman–Crippen LogP) is 4.23. The first-order valence-electron chi connectivity index (χ1n) is 7.36. The number of hydrogen-bond donors (Lipinski definition) is 2. The van der Waals surface area contributed by atoms with Gasteiger partial charge in [0.05, 0.1) is 5.54 Å². The highest BCUT2D eigenvalue weighted by molar-refractivity contribution is 8.01. The number of anilines is 1. The van der Waals surface area contributed by atoms with Gasteiger partial charge < -0.3 is 11.1 Å².